The van der Waals surface area contributed by atoms with Crippen molar-refractivity contribution in [2.45, 2.75) is 26.7 Å². The smallest absolute Gasteiger partial charge is 0.257 e. The first kappa shape index (κ1) is 13.7. The van der Waals surface area contributed by atoms with E-state index in [1.807, 2.05) is 26.8 Å². The minimum atomic E-state index is -0.199. The summed E-state index contributed by atoms with van der Waals surface area (Å²) in [7, 11) is 0. The molecule has 0 spiro atoms. The summed E-state index contributed by atoms with van der Waals surface area (Å²) < 4.78 is 0. The van der Waals surface area contributed by atoms with Crippen LogP contribution in [0.1, 0.15) is 41.0 Å². The van der Waals surface area contributed by atoms with Gasteiger partial charge in [0.25, 0.3) is 5.91 Å². The zero-order chi connectivity index (χ0) is 15.0. The third-order valence-electron chi connectivity index (χ3n) is 3.02. The Morgan fingerprint density at radius 3 is 2.86 bits per heavy atom. The van der Waals surface area contributed by atoms with Crippen molar-refractivity contribution in [2.24, 2.45) is 0 Å². The Balaban J connectivity index is 1.82. The average molecular weight is 301 g/mol. The molecule has 2 heterocycles. The van der Waals surface area contributed by atoms with Gasteiger partial charge in [-0.1, -0.05) is 25.2 Å². The van der Waals surface area contributed by atoms with Crippen molar-refractivity contribution in [1.82, 2.24) is 20.2 Å². The molecule has 6 nitrogen and oxygen atoms in total. The van der Waals surface area contributed by atoms with Crippen LogP contribution in [-0.4, -0.2) is 26.1 Å². The third kappa shape index (κ3) is 2.78. The SMILES string of the molecule is Cc1nc2ccc(C(=O)Nc3nnc(C(C)C)s3)cc2[nH]1. The van der Waals surface area contributed by atoms with E-state index in [1.165, 1.54) is 11.3 Å². The lowest BCUT2D eigenvalue weighted by Crippen LogP contribution is -2.11. The van der Waals surface area contributed by atoms with Crippen molar-refractivity contribution in [2.75, 3.05) is 5.32 Å². The van der Waals surface area contributed by atoms with Crippen LogP contribution in [-0.2, 0) is 0 Å². The molecule has 3 aromatic rings. The van der Waals surface area contributed by atoms with E-state index >= 15 is 0 Å². The fraction of sp³-hybridized carbons (Fsp3) is 0.286. The first-order valence-electron chi connectivity index (χ1n) is 6.64. The number of aromatic amines is 1. The highest BCUT2D eigenvalue weighted by Crippen LogP contribution is 2.23. The molecular formula is C14H15N5OS. The van der Waals surface area contributed by atoms with Crippen molar-refractivity contribution in [3.05, 3.63) is 34.6 Å². The molecule has 0 bridgehead atoms. The van der Waals surface area contributed by atoms with Gasteiger partial charge in [-0.25, -0.2) is 4.98 Å². The fourth-order valence-electron chi connectivity index (χ4n) is 1.97. The Morgan fingerprint density at radius 2 is 2.14 bits per heavy atom. The van der Waals surface area contributed by atoms with Crippen LogP contribution in [0.2, 0.25) is 0 Å². The lowest BCUT2D eigenvalue weighted by Gasteiger charge is -2.01. The number of carbonyl (C=O) groups excluding carboxylic acids is 1. The van der Waals surface area contributed by atoms with Gasteiger partial charge in [-0.2, -0.15) is 0 Å². The summed E-state index contributed by atoms with van der Waals surface area (Å²) in [5.41, 5.74) is 2.26. The first-order chi connectivity index (χ1) is 10.0. The largest absolute Gasteiger partial charge is 0.342 e. The Hall–Kier alpha value is -2.28. The molecule has 0 saturated carbocycles. The van der Waals surface area contributed by atoms with Gasteiger partial charge >= 0.3 is 0 Å². The Morgan fingerprint density at radius 1 is 1.33 bits per heavy atom. The number of imidazole rings is 1. The number of nitrogens with zero attached hydrogens (tertiary/aromatic N) is 3. The van der Waals surface area contributed by atoms with Crippen LogP contribution in [0, 0.1) is 6.92 Å². The average Bonchev–Trinajstić information content (AvgIpc) is 3.02. The summed E-state index contributed by atoms with van der Waals surface area (Å²) in [6.45, 7) is 5.97. The van der Waals surface area contributed by atoms with Gasteiger partial charge in [0.05, 0.1) is 11.0 Å². The predicted molar refractivity (Wildman–Crippen MR) is 82.8 cm³/mol. The number of aryl methyl sites for hydroxylation is 1. The second-order valence-corrected chi connectivity index (χ2v) is 6.12. The molecule has 0 aliphatic heterocycles. The highest BCUT2D eigenvalue weighted by molar-refractivity contribution is 7.15. The maximum Gasteiger partial charge on any atom is 0.257 e. The molecule has 2 aromatic heterocycles. The van der Waals surface area contributed by atoms with E-state index in [-0.39, 0.29) is 5.91 Å². The molecule has 0 unspecified atom stereocenters. The second-order valence-electron chi connectivity index (χ2n) is 5.11. The lowest BCUT2D eigenvalue weighted by atomic mass is 10.2. The molecule has 0 radical (unpaired) electrons. The highest BCUT2D eigenvalue weighted by Gasteiger charge is 2.13. The summed E-state index contributed by atoms with van der Waals surface area (Å²) in [6.07, 6.45) is 0. The van der Waals surface area contributed by atoms with E-state index < -0.39 is 0 Å². The maximum atomic E-state index is 12.2. The molecule has 2 N–H and O–H groups in total. The minimum absolute atomic E-state index is 0.199. The number of benzene rings is 1. The van der Waals surface area contributed by atoms with E-state index in [4.69, 9.17) is 0 Å². The van der Waals surface area contributed by atoms with Crippen molar-refractivity contribution < 1.29 is 4.79 Å². The number of rotatable bonds is 3. The zero-order valence-electron chi connectivity index (χ0n) is 12.0. The van der Waals surface area contributed by atoms with Gasteiger partial charge in [0, 0.05) is 11.5 Å². The molecule has 1 amide bonds. The number of nitrogens with one attached hydrogen (secondary N) is 2. The van der Waals surface area contributed by atoms with E-state index in [2.05, 4.69) is 25.5 Å². The number of aromatic nitrogens is 4. The molecule has 0 aliphatic carbocycles. The summed E-state index contributed by atoms with van der Waals surface area (Å²) in [5.74, 6) is 0.932. The van der Waals surface area contributed by atoms with Gasteiger partial charge < -0.3 is 4.98 Å². The third-order valence-corrected chi connectivity index (χ3v) is 4.16. The van der Waals surface area contributed by atoms with Crippen LogP contribution < -0.4 is 5.32 Å². The molecule has 0 saturated heterocycles. The predicted octanol–water partition coefficient (Wildman–Crippen LogP) is 3.10. The fourth-order valence-corrected chi connectivity index (χ4v) is 2.71. The van der Waals surface area contributed by atoms with Gasteiger partial charge in [0.2, 0.25) is 5.13 Å². The normalized spacial score (nSPS) is 11.2. The van der Waals surface area contributed by atoms with Crippen LogP contribution in [0.5, 0.6) is 0 Å². The summed E-state index contributed by atoms with van der Waals surface area (Å²) in [6, 6.07) is 5.37. The first-order valence-corrected chi connectivity index (χ1v) is 7.45. The summed E-state index contributed by atoms with van der Waals surface area (Å²) in [5, 5.41) is 12.2. The number of amides is 1. The van der Waals surface area contributed by atoms with Crippen molar-refractivity contribution in [3.8, 4) is 0 Å². The molecule has 7 heteroatoms. The monoisotopic (exact) mass is 301 g/mol. The zero-order valence-corrected chi connectivity index (χ0v) is 12.8. The molecule has 108 valence electrons. The maximum absolute atomic E-state index is 12.2. The van der Waals surface area contributed by atoms with Crippen LogP contribution >= 0.6 is 11.3 Å². The summed E-state index contributed by atoms with van der Waals surface area (Å²) in [4.78, 5) is 19.7. The van der Waals surface area contributed by atoms with Crippen molar-refractivity contribution >= 4 is 33.4 Å². The van der Waals surface area contributed by atoms with Crippen molar-refractivity contribution in [1.29, 1.82) is 0 Å². The number of hydrogen-bond acceptors (Lipinski definition) is 5. The number of carbonyl (C=O) groups is 1. The van der Waals surface area contributed by atoms with Crippen LogP contribution in [0.15, 0.2) is 18.2 Å². The Labute approximate surface area is 125 Å². The van der Waals surface area contributed by atoms with E-state index in [0.29, 0.717) is 16.6 Å². The van der Waals surface area contributed by atoms with Gasteiger partial charge in [0.15, 0.2) is 0 Å². The van der Waals surface area contributed by atoms with Crippen LogP contribution in [0.4, 0.5) is 5.13 Å². The highest BCUT2D eigenvalue weighted by atomic mass is 32.1. The van der Waals surface area contributed by atoms with E-state index in [1.54, 1.807) is 12.1 Å². The molecule has 0 atom stereocenters. The minimum Gasteiger partial charge on any atom is -0.342 e. The number of fused-ring (bicyclic) bond motifs is 1. The van der Waals surface area contributed by atoms with E-state index in [9.17, 15) is 4.79 Å². The molecular weight excluding hydrogens is 286 g/mol. The van der Waals surface area contributed by atoms with Gasteiger partial charge in [0.1, 0.15) is 10.8 Å². The quantitative estimate of drug-likeness (QED) is 0.778. The van der Waals surface area contributed by atoms with Gasteiger partial charge in [-0.3, -0.25) is 10.1 Å². The van der Waals surface area contributed by atoms with Gasteiger partial charge in [-0.15, -0.1) is 10.2 Å². The Kier molecular flexibility index (Phi) is 3.42. The van der Waals surface area contributed by atoms with Crippen molar-refractivity contribution in [3.63, 3.8) is 0 Å². The standard InChI is InChI=1S/C14H15N5OS/c1-7(2)13-18-19-14(21-13)17-12(20)9-4-5-10-11(6-9)16-8(3)15-10/h4-7H,1-3H3,(H,15,16)(H,17,19,20). The van der Waals surface area contributed by atoms with Crippen LogP contribution in [0.3, 0.4) is 0 Å². The molecule has 1 aromatic carbocycles. The number of hydrogen-bond donors (Lipinski definition) is 2. The second kappa shape index (κ2) is 5.25. The number of H-pyrrole nitrogens is 1. The molecule has 0 aliphatic rings. The molecule has 21 heavy (non-hydrogen) atoms. The topological polar surface area (TPSA) is 83.6 Å². The molecule has 3 rings (SSSR count). The lowest BCUT2D eigenvalue weighted by molar-refractivity contribution is 0.102. The van der Waals surface area contributed by atoms with Crippen LogP contribution in [0.25, 0.3) is 11.0 Å². The summed E-state index contributed by atoms with van der Waals surface area (Å²) >= 11 is 1.40. The molecule has 0 fully saturated rings. The Bertz CT molecular complexity index is 805. The van der Waals surface area contributed by atoms with E-state index in [0.717, 1.165) is 21.9 Å². The number of anilines is 1. The van der Waals surface area contributed by atoms with Gasteiger partial charge in [-0.05, 0) is 25.1 Å².